The molecule has 10 rings (SSSR count). The molecule has 0 bridgehead atoms. The highest BCUT2D eigenvalue weighted by Gasteiger charge is 2.40. The van der Waals surface area contributed by atoms with E-state index in [-0.39, 0.29) is 10.8 Å². The number of hydrogen-bond donors (Lipinski definition) is 0. The minimum Gasteiger partial charge on any atom is -0.309 e. The van der Waals surface area contributed by atoms with Crippen molar-refractivity contribution >= 4 is 59.3 Å². The lowest BCUT2D eigenvalue weighted by Gasteiger charge is -2.31. The molecule has 0 aliphatic heterocycles. The number of hydrogen-bond acceptors (Lipinski definition) is 2. The summed E-state index contributed by atoms with van der Waals surface area (Å²) < 4.78 is 2.67. The second-order valence-electron chi connectivity index (χ2n) is 14.5. The Hall–Kier alpha value is -5.18. The highest BCUT2D eigenvalue weighted by molar-refractivity contribution is 7.26. The third kappa shape index (κ3) is 3.61. The zero-order valence-corrected chi connectivity index (χ0v) is 28.5. The van der Waals surface area contributed by atoms with Crippen molar-refractivity contribution in [2.75, 3.05) is 4.90 Å². The van der Waals surface area contributed by atoms with Gasteiger partial charge in [-0.05, 0) is 80.6 Å². The Morgan fingerprint density at radius 1 is 0.458 bits per heavy atom. The van der Waals surface area contributed by atoms with E-state index in [4.69, 9.17) is 0 Å². The number of nitrogens with zero attached hydrogens (tertiary/aromatic N) is 1. The van der Waals surface area contributed by atoms with E-state index in [2.05, 4.69) is 172 Å². The summed E-state index contributed by atoms with van der Waals surface area (Å²) in [7, 11) is 0. The summed E-state index contributed by atoms with van der Waals surface area (Å²) in [6.45, 7) is 9.50. The maximum atomic E-state index is 2.57. The Morgan fingerprint density at radius 2 is 1.00 bits per heavy atom. The van der Waals surface area contributed by atoms with Gasteiger partial charge in [-0.3, -0.25) is 0 Å². The third-order valence-corrected chi connectivity index (χ3v) is 12.4. The molecule has 0 atom stereocenters. The van der Waals surface area contributed by atoms with Crippen molar-refractivity contribution in [2.24, 2.45) is 0 Å². The number of rotatable bonds is 3. The zero-order chi connectivity index (χ0) is 32.4. The lowest BCUT2D eigenvalue weighted by molar-refractivity contribution is 0.660. The van der Waals surface area contributed by atoms with Crippen LogP contribution in [-0.4, -0.2) is 0 Å². The minimum atomic E-state index is -0.0913. The average Bonchev–Trinajstić information content (AvgIpc) is 3.69. The van der Waals surface area contributed by atoms with Gasteiger partial charge in [0.1, 0.15) is 0 Å². The van der Waals surface area contributed by atoms with Crippen LogP contribution in [0.4, 0.5) is 17.1 Å². The summed E-state index contributed by atoms with van der Waals surface area (Å²) in [5.41, 5.74) is 14.3. The summed E-state index contributed by atoms with van der Waals surface area (Å²) in [6, 6.07) is 52.5. The summed E-state index contributed by atoms with van der Waals surface area (Å²) in [6.07, 6.45) is 0. The molecule has 0 unspecified atom stereocenters. The van der Waals surface area contributed by atoms with Crippen LogP contribution in [0.15, 0.2) is 140 Å². The van der Waals surface area contributed by atoms with Gasteiger partial charge in [-0.1, -0.05) is 131 Å². The number of benzene rings is 7. The van der Waals surface area contributed by atoms with Crippen LogP contribution < -0.4 is 4.90 Å². The Balaban J connectivity index is 1.33. The summed E-state index contributed by atoms with van der Waals surface area (Å²) in [5.74, 6) is 0. The minimum absolute atomic E-state index is 0.0913. The van der Waals surface area contributed by atoms with Crippen LogP contribution in [0, 0.1) is 0 Å². The van der Waals surface area contributed by atoms with E-state index in [9.17, 15) is 0 Å². The first-order chi connectivity index (χ1) is 23.3. The van der Waals surface area contributed by atoms with Crippen LogP contribution in [0.3, 0.4) is 0 Å². The number of thiophene rings is 1. The molecule has 0 radical (unpaired) electrons. The Labute approximate surface area is 285 Å². The van der Waals surface area contributed by atoms with Crippen LogP contribution in [0.5, 0.6) is 0 Å². The molecule has 0 saturated carbocycles. The molecule has 0 saturated heterocycles. The van der Waals surface area contributed by atoms with Crippen LogP contribution in [-0.2, 0) is 10.8 Å². The first kappa shape index (κ1) is 27.9. The topological polar surface area (TPSA) is 3.24 Å². The second kappa shape index (κ2) is 9.69. The molecule has 2 aliphatic rings. The van der Waals surface area contributed by atoms with Crippen molar-refractivity contribution in [1.82, 2.24) is 0 Å². The van der Waals surface area contributed by atoms with Gasteiger partial charge in [-0.2, -0.15) is 0 Å². The van der Waals surface area contributed by atoms with Crippen molar-refractivity contribution in [1.29, 1.82) is 0 Å². The van der Waals surface area contributed by atoms with E-state index in [1.807, 2.05) is 11.3 Å². The quantitative estimate of drug-likeness (QED) is 0.187. The van der Waals surface area contributed by atoms with E-state index in [0.717, 1.165) is 0 Å². The third-order valence-electron chi connectivity index (χ3n) is 11.3. The average molecular weight is 634 g/mol. The van der Waals surface area contributed by atoms with E-state index < -0.39 is 0 Å². The van der Waals surface area contributed by atoms with Crippen molar-refractivity contribution < 1.29 is 0 Å². The van der Waals surface area contributed by atoms with Gasteiger partial charge in [0, 0.05) is 47.8 Å². The Bertz CT molecular complexity index is 2530. The first-order valence-electron chi connectivity index (χ1n) is 16.9. The first-order valence-corrected chi connectivity index (χ1v) is 17.8. The highest BCUT2D eigenvalue weighted by atomic mass is 32.1. The van der Waals surface area contributed by atoms with Gasteiger partial charge in [0.05, 0.1) is 11.4 Å². The Morgan fingerprint density at radius 3 is 1.65 bits per heavy atom. The largest absolute Gasteiger partial charge is 0.309 e. The lowest BCUT2D eigenvalue weighted by Crippen LogP contribution is -2.17. The van der Waals surface area contributed by atoms with Crippen LogP contribution in [0.1, 0.15) is 49.9 Å². The van der Waals surface area contributed by atoms with Gasteiger partial charge in [0.25, 0.3) is 0 Å². The molecule has 8 aromatic rings. The van der Waals surface area contributed by atoms with Gasteiger partial charge in [-0.25, -0.2) is 0 Å². The monoisotopic (exact) mass is 633 g/mol. The SMILES string of the molecule is CC1(C)c2ccccc2-c2c(N(c3ccc4ccc5sc6ccccc6c5c4c3)c3cccc4c3-c3ccccc3C4(C)C)cccc21. The van der Waals surface area contributed by atoms with Crippen molar-refractivity contribution in [2.45, 2.75) is 38.5 Å². The molecule has 7 aromatic carbocycles. The predicted molar refractivity (Wildman–Crippen MR) is 207 cm³/mol. The molecule has 0 spiro atoms. The highest BCUT2D eigenvalue weighted by Crippen LogP contribution is 2.58. The van der Waals surface area contributed by atoms with E-state index in [0.29, 0.717) is 0 Å². The van der Waals surface area contributed by atoms with Gasteiger partial charge < -0.3 is 4.90 Å². The smallest absolute Gasteiger partial charge is 0.0543 e. The molecule has 48 heavy (non-hydrogen) atoms. The molecular formula is C46H35NS. The molecule has 0 N–H and O–H groups in total. The van der Waals surface area contributed by atoms with Crippen molar-refractivity contribution in [3.8, 4) is 22.3 Å². The maximum Gasteiger partial charge on any atom is 0.0543 e. The standard InChI is InChI=1S/C46H35NS/c1-45(2)34-16-8-5-13-30(34)43-36(45)18-11-20-38(43)47(39-21-12-19-37-44(39)31-14-6-9-17-35(31)46(37,3)4)29-25-23-28-24-26-41-42(33(28)27-29)32-15-7-10-22-40(32)48-41/h5-27H,1-4H3. The maximum absolute atomic E-state index is 2.57. The molecule has 230 valence electrons. The zero-order valence-electron chi connectivity index (χ0n) is 27.6. The lowest BCUT2D eigenvalue weighted by atomic mass is 9.82. The molecule has 0 fully saturated rings. The molecule has 1 heterocycles. The van der Waals surface area contributed by atoms with Gasteiger partial charge in [-0.15, -0.1) is 11.3 Å². The van der Waals surface area contributed by atoms with Gasteiger partial charge in [0.2, 0.25) is 0 Å². The van der Waals surface area contributed by atoms with Gasteiger partial charge >= 0.3 is 0 Å². The molecular weight excluding hydrogens is 599 g/mol. The Kier molecular flexibility index (Phi) is 5.63. The summed E-state index contributed by atoms with van der Waals surface area (Å²) >= 11 is 1.89. The van der Waals surface area contributed by atoms with Crippen LogP contribution in [0.2, 0.25) is 0 Å². The fraction of sp³-hybridized carbons (Fsp3) is 0.130. The molecule has 0 amide bonds. The molecule has 1 aromatic heterocycles. The summed E-state index contributed by atoms with van der Waals surface area (Å²) in [5, 5.41) is 5.25. The van der Waals surface area contributed by atoms with Gasteiger partial charge in [0.15, 0.2) is 0 Å². The summed E-state index contributed by atoms with van der Waals surface area (Å²) in [4.78, 5) is 2.57. The van der Waals surface area contributed by atoms with E-state index in [1.165, 1.54) is 92.5 Å². The second-order valence-corrected chi connectivity index (χ2v) is 15.6. The molecule has 1 nitrogen and oxygen atoms in total. The van der Waals surface area contributed by atoms with E-state index in [1.54, 1.807) is 0 Å². The number of anilines is 3. The molecule has 2 heteroatoms. The normalized spacial score (nSPS) is 15.0. The van der Waals surface area contributed by atoms with Crippen molar-refractivity contribution in [3.05, 3.63) is 162 Å². The van der Waals surface area contributed by atoms with Crippen LogP contribution in [0.25, 0.3) is 53.2 Å². The fourth-order valence-corrected chi connectivity index (χ4v) is 10.0. The fourth-order valence-electron chi connectivity index (χ4n) is 8.92. The van der Waals surface area contributed by atoms with Crippen LogP contribution >= 0.6 is 11.3 Å². The van der Waals surface area contributed by atoms with E-state index >= 15 is 0 Å². The van der Waals surface area contributed by atoms with Crippen molar-refractivity contribution in [3.63, 3.8) is 0 Å². The predicted octanol–water partition coefficient (Wildman–Crippen LogP) is 13.3. The number of fused-ring (bicyclic) bond motifs is 11. The molecule has 2 aliphatic carbocycles.